The van der Waals surface area contributed by atoms with Crippen LogP contribution in [0.1, 0.15) is 31.7 Å². The van der Waals surface area contributed by atoms with Gasteiger partial charge in [0.05, 0.1) is 0 Å². The molecule has 6 heteroatoms. The summed E-state index contributed by atoms with van der Waals surface area (Å²) in [4.78, 5) is 11.3. The number of aliphatic carboxylic acids is 1. The van der Waals surface area contributed by atoms with Crippen LogP contribution >= 0.6 is 11.6 Å². The first-order valence-corrected chi connectivity index (χ1v) is 8.95. The molecule has 0 amide bonds. The minimum Gasteiger partial charge on any atom is -0.489 e. The van der Waals surface area contributed by atoms with E-state index in [4.69, 9.17) is 16.3 Å². The fourth-order valence-corrected chi connectivity index (χ4v) is 2.90. The van der Waals surface area contributed by atoms with E-state index < -0.39 is 12.0 Å². The Balaban J connectivity index is 1.90. The minimum absolute atomic E-state index is 0.132. The Morgan fingerprint density at radius 3 is 2.83 bits per heavy atom. The van der Waals surface area contributed by atoms with E-state index in [1.54, 1.807) is 0 Å². The smallest absolute Gasteiger partial charge is 0.320 e. The summed E-state index contributed by atoms with van der Waals surface area (Å²) < 4.78 is 6.03. The average molecular weight is 355 g/mol. The molecule has 0 aromatic heterocycles. The number of nitrogens with one attached hydrogen (secondary N) is 2. The van der Waals surface area contributed by atoms with Crippen molar-refractivity contribution in [2.45, 2.75) is 44.8 Å². The standard InChI is InChI=1S/C18H27ClN2O3/c1-12(11-21-17(18(22)23)14-5-6-14)24-16-10-15(19)8-7-13(16)4-3-9-20-2/h7-8,10,12,14,17,20-21H,3-6,9,11H2,1-2H3,(H,22,23)/t12-,17+/m1/s1. The quantitative estimate of drug-likeness (QED) is 0.533. The molecule has 0 radical (unpaired) electrons. The number of aryl methyl sites for hydroxylation is 1. The van der Waals surface area contributed by atoms with Crippen LogP contribution in [0.15, 0.2) is 18.2 Å². The molecule has 0 heterocycles. The van der Waals surface area contributed by atoms with Crippen LogP contribution in [0.2, 0.25) is 5.02 Å². The average Bonchev–Trinajstić information content (AvgIpc) is 3.34. The number of carboxylic acid groups (broad SMARTS) is 1. The molecule has 1 fully saturated rings. The molecule has 0 aliphatic heterocycles. The van der Waals surface area contributed by atoms with E-state index in [1.165, 1.54) is 0 Å². The second-order valence-electron chi connectivity index (χ2n) is 6.45. The third kappa shape index (κ3) is 5.96. The maximum Gasteiger partial charge on any atom is 0.320 e. The molecule has 1 aliphatic rings. The van der Waals surface area contributed by atoms with Crippen LogP contribution < -0.4 is 15.4 Å². The summed E-state index contributed by atoms with van der Waals surface area (Å²) in [7, 11) is 1.94. The summed E-state index contributed by atoms with van der Waals surface area (Å²) in [6.07, 6.45) is 3.77. The lowest BCUT2D eigenvalue weighted by molar-refractivity contribution is -0.140. The number of ether oxygens (including phenoxy) is 1. The molecule has 0 bridgehead atoms. The number of hydrogen-bond acceptors (Lipinski definition) is 4. The van der Waals surface area contributed by atoms with Crippen molar-refractivity contribution in [2.24, 2.45) is 5.92 Å². The molecule has 0 unspecified atom stereocenters. The van der Waals surface area contributed by atoms with E-state index in [0.717, 1.165) is 43.5 Å². The zero-order chi connectivity index (χ0) is 17.5. The van der Waals surface area contributed by atoms with Crippen molar-refractivity contribution in [2.75, 3.05) is 20.1 Å². The highest BCUT2D eigenvalue weighted by atomic mass is 35.5. The van der Waals surface area contributed by atoms with Gasteiger partial charge in [-0.3, -0.25) is 4.79 Å². The fourth-order valence-electron chi connectivity index (χ4n) is 2.74. The van der Waals surface area contributed by atoms with Gasteiger partial charge in [0.2, 0.25) is 0 Å². The molecule has 1 aromatic rings. The highest BCUT2D eigenvalue weighted by Crippen LogP contribution is 2.32. The topological polar surface area (TPSA) is 70.6 Å². The van der Waals surface area contributed by atoms with Crippen molar-refractivity contribution >= 4 is 17.6 Å². The summed E-state index contributed by atoms with van der Waals surface area (Å²) in [5.41, 5.74) is 1.12. The lowest BCUT2D eigenvalue weighted by Crippen LogP contribution is -2.43. The first kappa shape index (κ1) is 19.0. The lowest BCUT2D eigenvalue weighted by Gasteiger charge is -2.21. The Labute approximate surface area is 148 Å². The third-order valence-corrected chi connectivity index (χ3v) is 4.45. The summed E-state index contributed by atoms with van der Waals surface area (Å²) in [5.74, 6) is 0.268. The van der Waals surface area contributed by atoms with Gasteiger partial charge in [-0.25, -0.2) is 0 Å². The fraction of sp³-hybridized carbons (Fsp3) is 0.611. The summed E-state index contributed by atoms with van der Waals surface area (Å²) in [6, 6.07) is 5.24. The minimum atomic E-state index is -0.778. The van der Waals surface area contributed by atoms with E-state index in [1.807, 2.05) is 32.2 Å². The molecular formula is C18H27ClN2O3. The van der Waals surface area contributed by atoms with Crippen LogP contribution in [0, 0.1) is 5.92 Å². The van der Waals surface area contributed by atoms with Crippen LogP contribution in [0.5, 0.6) is 5.75 Å². The summed E-state index contributed by atoms with van der Waals surface area (Å²) in [6.45, 7) is 3.38. The molecule has 1 saturated carbocycles. The molecule has 24 heavy (non-hydrogen) atoms. The van der Waals surface area contributed by atoms with Gasteiger partial charge < -0.3 is 20.5 Å². The third-order valence-electron chi connectivity index (χ3n) is 4.21. The molecule has 2 rings (SSSR count). The van der Waals surface area contributed by atoms with Crippen molar-refractivity contribution < 1.29 is 14.6 Å². The van der Waals surface area contributed by atoms with E-state index in [0.29, 0.717) is 11.6 Å². The summed E-state index contributed by atoms with van der Waals surface area (Å²) >= 11 is 6.09. The normalized spacial score (nSPS) is 16.6. The number of carboxylic acids is 1. The van der Waals surface area contributed by atoms with Gasteiger partial charge >= 0.3 is 5.97 Å². The molecule has 5 nitrogen and oxygen atoms in total. The molecule has 0 saturated heterocycles. The second kappa shape index (κ2) is 9.25. The number of halogens is 1. The zero-order valence-corrected chi connectivity index (χ0v) is 15.1. The van der Waals surface area contributed by atoms with Gasteiger partial charge in [-0.15, -0.1) is 0 Å². The number of benzene rings is 1. The number of hydrogen-bond donors (Lipinski definition) is 3. The van der Waals surface area contributed by atoms with Crippen LogP contribution in [0.3, 0.4) is 0 Å². The van der Waals surface area contributed by atoms with Gasteiger partial charge in [-0.2, -0.15) is 0 Å². The van der Waals surface area contributed by atoms with Crippen LogP contribution in [0.4, 0.5) is 0 Å². The van der Waals surface area contributed by atoms with Crippen LogP contribution in [0.25, 0.3) is 0 Å². The lowest BCUT2D eigenvalue weighted by atomic mass is 10.1. The van der Waals surface area contributed by atoms with Crippen molar-refractivity contribution in [3.8, 4) is 5.75 Å². The first-order valence-electron chi connectivity index (χ1n) is 8.57. The van der Waals surface area contributed by atoms with Crippen LogP contribution in [-0.2, 0) is 11.2 Å². The molecule has 134 valence electrons. The van der Waals surface area contributed by atoms with Gasteiger partial charge in [0, 0.05) is 11.6 Å². The molecule has 0 spiro atoms. The molecular weight excluding hydrogens is 328 g/mol. The monoisotopic (exact) mass is 354 g/mol. The van der Waals surface area contributed by atoms with Gasteiger partial charge in [-0.05, 0) is 69.8 Å². The van der Waals surface area contributed by atoms with Crippen molar-refractivity contribution in [3.05, 3.63) is 28.8 Å². The predicted molar refractivity (Wildman–Crippen MR) is 95.9 cm³/mol. The predicted octanol–water partition coefficient (Wildman–Crippen LogP) is 2.71. The maximum absolute atomic E-state index is 11.3. The van der Waals surface area contributed by atoms with E-state index >= 15 is 0 Å². The highest BCUT2D eigenvalue weighted by molar-refractivity contribution is 6.30. The Morgan fingerprint density at radius 2 is 2.21 bits per heavy atom. The van der Waals surface area contributed by atoms with Gasteiger partial charge in [0.1, 0.15) is 17.9 Å². The summed E-state index contributed by atoms with van der Waals surface area (Å²) in [5, 5.41) is 16.2. The SMILES string of the molecule is CNCCCc1ccc(Cl)cc1O[C@H](C)CN[C@H](C(=O)O)C1CC1. The second-order valence-corrected chi connectivity index (χ2v) is 6.89. The Hall–Kier alpha value is -1.30. The Morgan fingerprint density at radius 1 is 1.46 bits per heavy atom. The van der Waals surface area contributed by atoms with E-state index in [2.05, 4.69) is 10.6 Å². The van der Waals surface area contributed by atoms with E-state index in [9.17, 15) is 9.90 Å². The van der Waals surface area contributed by atoms with Gasteiger partial charge in [0.25, 0.3) is 0 Å². The number of rotatable bonds is 11. The molecule has 1 aliphatic carbocycles. The van der Waals surface area contributed by atoms with Crippen molar-refractivity contribution in [3.63, 3.8) is 0 Å². The van der Waals surface area contributed by atoms with Crippen molar-refractivity contribution in [1.82, 2.24) is 10.6 Å². The maximum atomic E-state index is 11.3. The largest absolute Gasteiger partial charge is 0.489 e. The van der Waals surface area contributed by atoms with E-state index in [-0.39, 0.29) is 12.0 Å². The van der Waals surface area contributed by atoms with Crippen molar-refractivity contribution in [1.29, 1.82) is 0 Å². The number of carbonyl (C=O) groups is 1. The Kier molecular flexibility index (Phi) is 7.34. The molecule has 3 N–H and O–H groups in total. The Bertz CT molecular complexity index is 549. The molecule has 2 atom stereocenters. The first-order chi connectivity index (χ1) is 11.5. The van der Waals surface area contributed by atoms with Gasteiger partial charge in [-0.1, -0.05) is 17.7 Å². The van der Waals surface area contributed by atoms with Crippen LogP contribution in [-0.4, -0.2) is 43.4 Å². The van der Waals surface area contributed by atoms with Gasteiger partial charge in [0.15, 0.2) is 0 Å². The zero-order valence-electron chi connectivity index (χ0n) is 14.3. The molecule has 1 aromatic carbocycles. The highest BCUT2D eigenvalue weighted by Gasteiger charge is 2.36.